The smallest absolute Gasteiger partial charge is 0.289 e. The van der Waals surface area contributed by atoms with Gasteiger partial charge in [0.25, 0.3) is 5.91 Å². The quantitative estimate of drug-likeness (QED) is 0.541. The standard InChI is InChI=1S/C19H22FN7O/c1-11-12(2)24-18(27-17(11)21-8-7-14-9-22-23-10-14)19(28)25-13(3)15-5-4-6-16(20)26-15/h4-6,9-10,13H,7-8H2,1-3H3,(H,22,23)(H,25,28)(H,21,24,27)/t13-/m0/s1. The number of hydrogen-bond donors (Lipinski definition) is 3. The number of aryl methyl sites for hydroxylation is 1. The molecule has 0 fully saturated rings. The Balaban J connectivity index is 1.70. The van der Waals surface area contributed by atoms with E-state index in [1.807, 2.05) is 20.0 Å². The third kappa shape index (κ3) is 4.67. The number of carbonyl (C=O) groups is 1. The Morgan fingerprint density at radius 2 is 2.07 bits per heavy atom. The van der Waals surface area contributed by atoms with Crippen LogP contribution in [0.25, 0.3) is 0 Å². The second-order valence-corrected chi connectivity index (χ2v) is 6.47. The number of halogens is 1. The number of aromatic nitrogens is 5. The predicted octanol–water partition coefficient (Wildman–Crippen LogP) is 2.50. The van der Waals surface area contributed by atoms with Gasteiger partial charge < -0.3 is 10.6 Å². The van der Waals surface area contributed by atoms with E-state index in [1.54, 1.807) is 25.3 Å². The van der Waals surface area contributed by atoms with E-state index in [9.17, 15) is 9.18 Å². The molecular weight excluding hydrogens is 361 g/mol. The molecule has 3 N–H and O–H groups in total. The minimum Gasteiger partial charge on any atom is -0.369 e. The normalized spacial score (nSPS) is 11.9. The lowest BCUT2D eigenvalue weighted by Crippen LogP contribution is -2.29. The van der Waals surface area contributed by atoms with E-state index in [0.717, 1.165) is 17.5 Å². The maximum Gasteiger partial charge on any atom is 0.289 e. The second-order valence-electron chi connectivity index (χ2n) is 6.47. The first-order valence-corrected chi connectivity index (χ1v) is 8.94. The van der Waals surface area contributed by atoms with Crippen molar-refractivity contribution in [1.29, 1.82) is 0 Å². The molecule has 0 radical (unpaired) electrons. The van der Waals surface area contributed by atoms with Gasteiger partial charge in [0.15, 0.2) is 0 Å². The van der Waals surface area contributed by atoms with Gasteiger partial charge in [0.05, 0.1) is 17.9 Å². The molecule has 28 heavy (non-hydrogen) atoms. The summed E-state index contributed by atoms with van der Waals surface area (Å²) in [6.45, 7) is 6.09. The molecule has 0 saturated carbocycles. The number of rotatable bonds is 7. The Morgan fingerprint density at radius 1 is 1.25 bits per heavy atom. The van der Waals surface area contributed by atoms with Crippen LogP contribution >= 0.6 is 0 Å². The summed E-state index contributed by atoms with van der Waals surface area (Å²) in [4.78, 5) is 25.0. The maximum absolute atomic E-state index is 13.3. The van der Waals surface area contributed by atoms with Crippen LogP contribution in [-0.2, 0) is 6.42 Å². The van der Waals surface area contributed by atoms with Gasteiger partial charge in [-0.25, -0.2) is 15.0 Å². The molecule has 8 nitrogen and oxygen atoms in total. The number of anilines is 1. The van der Waals surface area contributed by atoms with Gasteiger partial charge >= 0.3 is 0 Å². The van der Waals surface area contributed by atoms with Crippen molar-refractivity contribution >= 4 is 11.7 Å². The highest BCUT2D eigenvalue weighted by molar-refractivity contribution is 5.91. The Morgan fingerprint density at radius 3 is 2.79 bits per heavy atom. The molecule has 9 heteroatoms. The number of amides is 1. The molecule has 0 saturated heterocycles. The molecular formula is C19H22FN7O. The third-order valence-electron chi connectivity index (χ3n) is 4.38. The topological polar surface area (TPSA) is 108 Å². The van der Waals surface area contributed by atoms with Gasteiger partial charge in [-0.3, -0.25) is 9.89 Å². The first-order chi connectivity index (χ1) is 13.4. The Labute approximate surface area is 162 Å². The molecule has 0 unspecified atom stereocenters. The summed E-state index contributed by atoms with van der Waals surface area (Å²) in [6, 6.07) is 3.98. The van der Waals surface area contributed by atoms with Crippen molar-refractivity contribution in [3.8, 4) is 0 Å². The van der Waals surface area contributed by atoms with Crippen LogP contribution in [0.1, 0.15) is 46.1 Å². The average molecular weight is 383 g/mol. The van der Waals surface area contributed by atoms with E-state index in [-0.39, 0.29) is 5.82 Å². The molecule has 0 aliphatic carbocycles. The highest BCUT2D eigenvalue weighted by atomic mass is 19.1. The molecule has 0 aromatic carbocycles. The minimum atomic E-state index is -0.592. The molecule has 1 atom stereocenters. The van der Waals surface area contributed by atoms with Gasteiger partial charge in [-0.2, -0.15) is 9.49 Å². The number of pyridine rings is 1. The molecule has 3 aromatic heterocycles. The number of nitrogens with one attached hydrogen (secondary N) is 3. The maximum atomic E-state index is 13.3. The van der Waals surface area contributed by atoms with Crippen molar-refractivity contribution in [2.75, 3.05) is 11.9 Å². The van der Waals surface area contributed by atoms with Gasteiger partial charge in [0.2, 0.25) is 11.8 Å². The highest BCUT2D eigenvalue weighted by Gasteiger charge is 2.18. The molecule has 3 rings (SSSR count). The Kier molecular flexibility index (Phi) is 5.93. The summed E-state index contributed by atoms with van der Waals surface area (Å²) in [5.41, 5.74) is 3.09. The first kappa shape index (κ1) is 19.4. The molecule has 3 heterocycles. The lowest BCUT2D eigenvalue weighted by molar-refractivity contribution is 0.0928. The zero-order chi connectivity index (χ0) is 20.1. The number of carbonyl (C=O) groups excluding carboxylic acids is 1. The van der Waals surface area contributed by atoms with Crippen LogP contribution in [0.3, 0.4) is 0 Å². The van der Waals surface area contributed by atoms with E-state index in [2.05, 4.69) is 35.8 Å². The van der Waals surface area contributed by atoms with E-state index >= 15 is 0 Å². The van der Waals surface area contributed by atoms with Crippen LogP contribution < -0.4 is 10.6 Å². The van der Waals surface area contributed by atoms with Crippen LogP contribution in [-0.4, -0.2) is 37.6 Å². The summed E-state index contributed by atoms with van der Waals surface area (Å²) >= 11 is 0. The van der Waals surface area contributed by atoms with Crippen molar-refractivity contribution in [2.45, 2.75) is 33.2 Å². The molecule has 0 spiro atoms. The number of aromatic amines is 1. The SMILES string of the molecule is Cc1nc(C(=O)N[C@@H](C)c2cccc(F)n2)nc(NCCc2cn[nH]c2)c1C. The third-order valence-corrected chi connectivity index (χ3v) is 4.38. The first-order valence-electron chi connectivity index (χ1n) is 8.94. The Hall–Kier alpha value is -3.36. The van der Waals surface area contributed by atoms with Crippen LogP contribution in [0.5, 0.6) is 0 Å². The molecule has 0 aliphatic rings. The van der Waals surface area contributed by atoms with Crippen molar-refractivity contribution in [1.82, 2.24) is 30.5 Å². The minimum absolute atomic E-state index is 0.0529. The second kappa shape index (κ2) is 8.55. The summed E-state index contributed by atoms with van der Waals surface area (Å²) in [6.07, 6.45) is 4.36. The number of hydrogen-bond acceptors (Lipinski definition) is 6. The van der Waals surface area contributed by atoms with Gasteiger partial charge in [-0.05, 0) is 44.9 Å². The summed E-state index contributed by atoms with van der Waals surface area (Å²) in [5.74, 6) is -0.375. The fourth-order valence-corrected chi connectivity index (χ4v) is 2.64. The zero-order valence-corrected chi connectivity index (χ0v) is 16.0. The van der Waals surface area contributed by atoms with Crippen LogP contribution in [0.4, 0.5) is 10.2 Å². The summed E-state index contributed by atoms with van der Waals surface area (Å²) in [5, 5.41) is 12.7. The van der Waals surface area contributed by atoms with Gasteiger partial charge in [0.1, 0.15) is 5.82 Å². The fourth-order valence-electron chi connectivity index (χ4n) is 2.64. The van der Waals surface area contributed by atoms with E-state index in [1.165, 1.54) is 6.07 Å². The van der Waals surface area contributed by atoms with E-state index < -0.39 is 17.9 Å². The predicted molar refractivity (Wildman–Crippen MR) is 102 cm³/mol. The summed E-state index contributed by atoms with van der Waals surface area (Å²) in [7, 11) is 0. The average Bonchev–Trinajstić information content (AvgIpc) is 3.18. The van der Waals surface area contributed by atoms with Gasteiger partial charge in [0, 0.05) is 24.0 Å². The summed E-state index contributed by atoms with van der Waals surface area (Å²) < 4.78 is 13.3. The van der Waals surface area contributed by atoms with E-state index in [0.29, 0.717) is 23.8 Å². The van der Waals surface area contributed by atoms with Gasteiger partial charge in [-0.1, -0.05) is 6.07 Å². The molecule has 0 bridgehead atoms. The lowest BCUT2D eigenvalue weighted by Gasteiger charge is -2.15. The van der Waals surface area contributed by atoms with Crippen molar-refractivity contribution in [3.05, 3.63) is 64.9 Å². The highest BCUT2D eigenvalue weighted by Crippen LogP contribution is 2.16. The van der Waals surface area contributed by atoms with Crippen molar-refractivity contribution in [3.63, 3.8) is 0 Å². The Bertz CT molecular complexity index is 959. The van der Waals surface area contributed by atoms with Crippen molar-refractivity contribution in [2.24, 2.45) is 0 Å². The molecule has 0 aliphatic heterocycles. The number of H-pyrrole nitrogens is 1. The van der Waals surface area contributed by atoms with Crippen LogP contribution in [0, 0.1) is 19.8 Å². The monoisotopic (exact) mass is 383 g/mol. The van der Waals surface area contributed by atoms with E-state index in [4.69, 9.17) is 0 Å². The number of nitrogens with zero attached hydrogens (tertiary/aromatic N) is 4. The molecule has 1 amide bonds. The van der Waals surface area contributed by atoms with Crippen LogP contribution in [0.2, 0.25) is 0 Å². The fraction of sp³-hybridized carbons (Fsp3) is 0.316. The van der Waals surface area contributed by atoms with Crippen LogP contribution in [0.15, 0.2) is 30.6 Å². The zero-order valence-electron chi connectivity index (χ0n) is 16.0. The molecule has 3 aromatic rings. The largest absolute Gasteiger partial charge is 0.369 e. The van der Waals surface area contributed by atoms with Gasteiger partial charge in [-0.15, -0.1) is 0 Å². The molecule has 146 valence electrons. The van der Waals surface area contributed by atoms with Crippen molar-refractivity contribution < 1.29 is 9.18 Å². The lowest BCUT2D eigenvalue weighted by atomic mass is 10.2.